The Labute approximate surface area is 195 Å². The number of pyridine rings is 1. The standard InChI is InChI=1S/C28H31FN2O2/c29-26-10-8-22(9-11-26)14-17-33-27-7-3-6-25(18-27)21-31(20-24-12-15-30-16-13-24)28(32)19-23-4-1-2-5-23/h3,6-13,15-16,18,23H,1-2,4-5,14,17,19-21H2. The molecule has 1 heterocycles. The van der Waals surface area contributed by atoms with Crippen LogP contribution in [0.1, 0.15) is 48.8 Å². The minimum Gasteiger partial charge on any atom is -0.493 e. The van der Waals surface area contributed by atoms with Gasteiger partial charge in [-0.1, -0.05) is 37.1 Å². The molecule has 0 unspecified atom stereocenters. The maximum absolute atomic E-state index is 13.2. The lowest BCUT2D eigenvalue weighted by atomic mass is 10.0. The van der Waals surface area contributed by atoms with Crippen molar-refractivity contribution in [1.82, 2.24) is 9.88 Å². The van der Waals surface area contributed by atoms with Gasteiger partial charge in [-0.3, -0.25) is 9.78 Å². The molecule has 4 rings (SSSR count). The van der Waals surface area contributed by atoms with Gasteiger partial charge in [0.15, 0.2) is 0 Å². The topological polar surface area (TPSA) is 42.4 Å². The summed E-state index contributed by atoms with van der Waals surface area (Å²) in [5, 5.41) is 0. The van der Waals surface area contributed by atoms with Crippen molar-refractivity contribution in [1.29, 1.82) is 0 Å². The normalized spacial score (nSPS) is 13.7. The molecule has 172 valence electrons. The van der Waals surface area contributed by atoms with Gasteiger partial charge in [-0.05, 0) is 71.8 Å². The minimum absolute atomic E-state index is 0.210. The predicted octanol–water partition coefficient (Wildman–Crippen LogP) is 5.95. The average molecular weight is 447 g/mol. The molecule has 1 saturated carbocycles. The van der Waals surface area contributed by atoms with Crippen molar-refractivity contribution in [2.45, 2.75) is 51.6 Å². The number of hydrogen-bond acceptors (Lipinski definition) is 3. The monoisotopic (exact) mass is 446 g/mol. The highest BCUT2D eigenvalue weighted by Gasteiger charge is 2.22. The van der Waals surface area contributed by atoms with Crippen LogP contribution in [0.25, 0.3) is 0 Å². The third-order valence-electron chi connectivity index (χ3n) is 6.26. The first-order valence-corrected chi connectivity index (χ1v) is 11.8. The first-order valence-electron chi connectivity index (χ1n) is 11.8. The summed E-state index contributed by atoms with van der Waals surface area (Å²) >= 11 is 0. The molecule has 2 aromatic carbocycles. The molecule has 0 radical (unpaired) electrons. The number of carbonyl (C=O) groups excluding carboxylic acids is 1. The van der Waals surface area contributed by atoms with Crippen molar-refractivity contribution in [2.75, 3.05) is 6.61 Å². The summed E-state index contributed by atoms with van der Waals surface area (Å²) in [5.74, 6) is 1.27. The third-order valence-corrected chi connectivity index (χ3v) is 6.26. The number of carbonyl (C=O) groups is 1. The fraction of sp³-hybridized carbons (Fsp3) is 0.357. The molecule has 0 aliphatic heterocycles. The summed E-state index contributed by atoms with van der Waals surface area (Å²) < 4.78 is 19.0. The molecule has 1 aliphatic carbocycles. The molecular weight excluding hydrogens is 415 g/mol. The van der Waals surface area contributed by atoms with E-state index in [2.05, 4.69) is 4.98 Å². The molecular formula is C28H31FN2O2. The minimum atomic E-state index is -0.230. The Morgan fingerprint density at radius 1 is 0.939 bits per heavy atom. The summed E-state index contributed by atoms with van der Waals surface area (Å²) in [6.07, 6.45) is 9.66. The fourth-order valence-corrected chi connectivity index (χ4v) is 4.42. The quantitative estimate of drug-likeness (QED) is 0.386. The Balaban J connectivity index is 1.39. The van der Waals surface area contributed by atoms with Gasteiger partial charge in [-0.2, -0.15) is 0 Å². The number of amides is 1. The SMILES string of the molecule is O=C(CC1CCCC1)N(Cc1ccncc1)Cc1cccc(OCCc2ccc(F)cc2)c1. The van der Waals surface area contributed by atoms with Gasteiger partial charge in [-0.15, -0.1) is 0 Å². The lowest BCUT2D eigenvalue weighted by molar-refractivity contribution is -0.133. The Morgan fingerprint density at radius 2 is 1.67 bits per heavy atom. The molecule has 5 heteroatoms. The second-order valence-corrected chi connectivity index (χ2v) is 8.83. The number of halogens is 1. The van der Waals surface area contributed by atoms with Crippen LogP contribution in [-0.2, 0) is 24.3 Å². The van der Waals surface area contributed by atoms with Gasteiger partial charge in [0.05, 0.1) is 6.61 Å². The van der Waals surface area contributed by atoms with E-state index in [1.807, 2.05) is 41.3 Å². The highest BCUT2D eigenvalue weighted by molar-refractivity contribution is 5.76. The Kier molecular flexibility index (Phi) is 8.07. The Hall–Kier alpha value is -3.21. The number of aromatic nitrogens is 1. The van der Waals surface area contributed by atoms with Gasteiger partial charge in [0.1, 0.15) is 11.6 Å². The number of benzene rings is 2. The molecule has 1 fully saturated rings. The van der Waals surface area contributed by atoms with Gasteiger partial charge in [0.25, 0.3) is 0 Å². The van der Waals surface area contributed by atoms with E-state index in [4.69, 9.17) is 4.74 Å². The van der Waals surface area contributed by atoms with Crippen molar-refractivity contribution < 1.29 is 13.9 Å². The average Bonchev–Trinajstić information content (AvgIpc) is 3.34. The second kappa shape index (κ2) is 11.6. The summed E-state index contributed by atoms with van der Waals surface area (Å²) in [5.41, 5.74) is 3.16. The molecule has 0 saturated heterocycles. The Bertz CT molecular complexity index is 1020. The molecule has 0 bridgehead atoms. The molecule has 33 heavy (non-hydrogen) atoms. The molecule has 0 spiro atoms. The van der Waals surface area contributed by atoms with Crippen molar-refractivity contribution >= 4 is 5.91 Å². The first-order chi connectivity index (χ1) is 16.2. The zero-order valence-electron chi connectivity index (χ0n) is 19.0. The highest BCUT2D eigenvalue weighted by Crippen LogP contribution is 2.29. The summed E-state index contributed by atoms with van der Waals surface area (Å²) in [7, 11) is 0. The largest absolute Gasteiger partial charge is 0.493 e. The van der Waals surface area contributed by atoms with Crippen LogP contribution < -0.4 is 4.74 Å². The molecule has 0 atom stereocenters. The number of rotatable bonds is 10. The molecule has 3 aromatic rings. The zero-order valence-corrected chi connectivity index (χ0v) is 19.0. The smallest absolute Gasteiger partial charge is 0.223 e. The summed E-state index contributed by atoms with van der Waals surface area (Å²) in [6, 6.07) is 18.4. The maximum atomic E-state index is 13.2. The molecule has 1 aromatic heterocycles. The van der Waals surface area contributed by atoms with E-state index in [9.17, 15) is 9.18 Å². The van der Waals surface area contributed by atoms with Gasteiger partial charge >= 0.3 is 0 Å². The lowest BCUT2D eigenvalue weighted by Gasteiger charge is -2.25. The number of hydrogen-bond donors (Lipinski definition) is 0. The second-order valence-electron chi connectivity index (χ2n) is 8.83. The Morgan fingerprint density at radius 3 is 2.42 bits per heavy atom. The van der Waals surface area contributed by atoms with Crippen LogP contribution in [0.5, 0.6) is 5.75 Å². The van der Waals surface area contributed by atoms with Crippen LogP contribution in [0, 0.1) is 11.7 Å². The third kappa shape index (κ3) is 7.14. The summed E-state index contributed by atoms with van der Waals surface area (Å²) in [6.45, 7) is 1.63. The zero-order chi connectivity index (χ0) is 22.9. The van der Waals surface area contributed by atoms with E-state index in [1.165, 1.54) is 25.0 Å². The molecule has 1 amide bonds. The van der Waals surface area contributed by atoms with Crippen molar-refractivity contribution in [3.63, 3.8) is 0 Å². The van der Waals surface area contributed by atoms with E-state index < -0.39 is 0 Å². The van der Waals surface area contributed by atoms with Crippen molar-refractivity contribution in [2.24, 2.45) is 5.92 Å². The van der Waals surface area contributed by atoms with Gasteiger partial charge in [0, 0.05) is 38.3 Å². The van der Waals surface area contributed by atoms with E-state index in [0.29, 0.717) is 38.5 Å². The summed E-state index contributed by atoms with van der Waals surface area (Å²) in [4.78, 5) is 19.2. The van der Waals surface area contributed by atoms with Crippen LogP contribution in [0.2, 0.25) is 0 Å². The van der Waals surface area contributed by atoms with Crippen LogP contribution in [0.4, 0.5) is 4.39 Å². The van der Waals surface area contributed by atoms with Gasteiger partial charge in [-0.25, -0.2) is 4.39 Å². The van der Waals surface area contributed by atoms with Crippen LogP contribution in [0.15, 0.2) is 73.1 Å². The van der Waals surface area contributed by atoms with Crippen LogP contribution in [0.3, 0.4) is 0 Å². The van der Waals surface area contributed by atoms with Crippen LogP contribution >= 0.6 is 0 Å². The lowest BCUT2D eigenvalue weighted by Crippen LogP contribution is -2.31. The maximum Gasteiger partial charge on any atom is 0.223 e. The fourth-order valence-electron chi connectivity index (χ4n) is 4.42. The first kappa shape index (κ1) is 23.0. The predicted molar refractivity (Wildman–Crippen MR) is 127 cm³/mol. The van der Waals surface area contributed by atoms with Crippen molar-refractivity contribution in [3.05, 3.63) is 95.6 Å². The highest BCUT2D eigenvalue weighted by atomic mass is 19.1. The van der Waals surface area contributed by atoms with Gasteiger partial charge in [0.2, 0.25) is 5.91 Å². The number of ether oxygens (including phenoxy) is 1. The van der Waals surface area contributed by atoms with E-state index in [-0.39, 0.29) is 11.7 Å². The van der Waals surface area contributed by atoms with E-state index in [1.54, 1.807) is 24.5 Å². The van der Waals surface area contributed by atoms with Crippen molar-refractivity contribution in [3.8, 4) is 5.75 Å². The van der Waals surface area contributed by atoms with Gasteiger partial charge < -0.3 is 9.64 Å². The van der Waals surface area contributed by atoms with E-state index in [0.717, 1.165) is 35.3 Å². The molecule has 4 nitrogen and oxygen atoms in total. The van der Waals surface area contributed by atoms with E-state index >= 15 is 0 Å². The molecule has 0 N–H and O–H groups in total. The number of nitrogens with zero attached hydrogens (tertiary/aromatic N) is 2. The molecule has 1 aliphatic rings. The van der Waals surface area contributed by atoms with Crippen LogP contribution in [-0.4, -0.2) is 22.4 Å².